The first kappa shape index (κ1) is 14.4. The number of rotatable bonds is 6. The van der Waals surface area contributed by atoms with Crippen molar-refractivity contribution < 1.29 is 4.79 Å². The Morgan fingerprint density at radius 3 is 2.21 bits per heavy atom. The molecule has 1 aliphatic carbocycles. The Morgan fingerprint density at radius 1 is 1.26 bits per heavy atom. The Morgan fingerprint density at radius 2 is 1.79 bits per heavy atom. The molecule has 4 nitrogen and oxygen atoms in total. The van der Waals surface area contributed by atoms with E-state index in [1.807, 2.05) is 4.90 Å². The van der Waals surface area contributed by atoms with Crippen molar-refractivity contribution in [3.05, 3.63) is 0 Å². The molecule has 0 saturated heterocycles. The summed E-state index contributed by atoms with van der Waals surface area (Å²) in [5.41, 5.74) is 5.84. The summed E-state index contributed by atoms with van der Waals surface area (Å²) < 4.78 is 0. The molecule has 4 heteroatoms. The summed E-state index contributed by atoms with van der Waals surface area (Å²) in [6.07, 6.45) is 4.31. The summed E-state index contributed by atoms with van der Waals surface area (Å²) in [6.45, 7) is 9.59. The fourth-order valence-corrected chi connectivity index (χ4v) is 3.26. The third kappa shape index (κ3) is 2.93. The fourth-order valence-electron chi connectivity index (χ4n) is 3.26. The van der Waals surface area contributed by atoms with Gasteiger partial charge in [0, 0.05) is 6.54 Å². The van der Waals surface area contributed by atoms with Crippen molar-refractivity contribution in [3.63, 3.8) is 0 Å². The predicted molar refractivity (Wildman–Crippen MR) is 78.1 cm³/mol. The summed E-state index contributed by atoms with van der Waals surface area (Å²) in [6, 6.07) is -0.120. The Balaban J connectivity index is 2.28. The number of nitrogens with zero attached hydrogens (tertiary/aromatic N) is 2. The van der Waals surface area contributed by atoms with E-state index in [0.29, 0.717) is 23.6 Å². The van der Waals surface area contributed by atoms with Gasteiger partial charge < -0.3 is 10.6 Å². The Labute approximate surface area is 116 Å². The van der Waals surface area contributed by atoms with Crippen LogP contribution in [0.25, 0.3) is 0 Å². The summed E-state index contributed by atoms with van der Waals surface area (Å²) in [5, 5.41) is 0. The second-order valence-corrected chi connectivity index (χ2v) is 7.06. The van der Waals surface area contributed by atoms with E-state index in [-0.39, 0.29) is 11.6 Å². The van der Waals surface area contributed by atoms with Gasteiger partial charge in [0.15, 0.2) is 0 Å². The van der Waals surface area contributed by atoms with Gasteiger partial charge in [-0.15, -0.1) is 0 Å². The first-order valence-electron chi connectivity index (χ1n) is 7.51. The van der Waals surface area contributed by atoms with Crippen molar-refractivity contribution in [2.24, 2.45) is 28.5 Å². The molecule has 2 rings (SSSR count). The van der Waals surface area contributed by atoms with Crippen LogP contribution in [-0.4, -0.2) is 28.9 Å². The lowest BCUT2D eigenvalue weighted by Gasteiger charge is -2.40. The summed E-state index contributed by atoms with van der Waals surface area (Å²) in [5.74, 6) is 2.21. The number of amidine groups is 1. The zero-order valence-electron chi connectivity index (χ0n) is 12.6. The van der Waals surface area contributed by atoms with Gasteiger partial charge in [-0.25, -0.2) is 4.79 Å². The van der Waals surface area contributed by atoms with Gasteiger partial charge in [0.2, 0.25) is 0 Å². The van der Waals surface area contributed by atoms with Crippen LogP contribution in [0.1, 0.15) is 53.4 Å². The average Bonchev–Trinajstić information content (AvgIpc) is 3.02. The molecule has 19 heavy (non-hydrogen) atoms. The topological polar surface area (TPSA) is 58.7 Å². The van der Waals surface area contributed by atoms with Gasteiger partial charge in [0.25, 0.3) is 0 Å². The van der Waals surface area contributed by atoms with Gasteiger partial charge in [-0.05, 0) is 43.4 Å². The van der Waals surface area contributed by atoms with Gasteiger partial charge in [-0.1, -0.05) is 27.7 Å². The monoisotopic (exact) mass is 265 g/mol. The second kappa shape index (κ2) is 5.14. The van der Waals surface area contributed by atoms with Crippen molar-refractivity contribution >= 4 is 11.9 Å². The molecule has 1 saturated carbocycles. The zero-order chi connectivity index (χ0) is 14.2. The predicted octanol–water partition coefficient (Wildman–Crippen LogP) is 3.02. The standard InChI is InChI=1S/C15H27N3O/c1-10(2)7-15(8-11(3)4)13(16)17-14(19)18(15)9-12-5-6-12/h10-12H,5-9H2,1-4H3,(H2,16,17,19). The highest BCUT2D eigenvalue weighted by Crippen LogP contribution is 2.39. The van der Waals surface area contributed by atoms with Crippen LogP contribution < -0.4 is 5.73 Å². The van der Waals surface area contributed by atoms with Crippen LogP contribution in [-0.2, 0) is 0 Å². The van der Waals surface area contributed by atoms with E-state index >= 15 is 0 Å². The minimum atomic E-state index is -0.331. The lowest BCUT2D eigenvalue weighted by atomic mass is 9.80. The molecule has 0 aromatic heterocycles. The van der Waals surface area contributed by atoms with E-state index in [9.17, 15) is 4.79 Å². The van der Waals surface area contributed by atoms with Crippen LogP contribution in [0.4, 0.5) is 4.79 Å². The Hall–Kier alpha value is -1.06. The number of carbonyl (C=O) groups is 1. The largest absolute Gasteiger partial charge is 0.385 e. The van der Waals surface area contributed by atoms with E-state index in [4.69, 9.17) is 5.73 Å². The van der Waals surface area contributed by atoms with Crippen molar-refractivity contribution in [2.45, 2.75) is 58.9 Å². The summed E-state index contributed by atoms with van der Waals surface area (Å²) in [7, 11) is 0. The van der Waals surface area contributed by atoms with Crippen LogP contribution in [0.5, 0.6) is 0 Å². The van der Waals surface area contributed by atoms with Crippen molar-refractivity contribution in [1.82, 2.24) is 4.90 Å². The molecule has 108 valence electrons. The van der Waals surface area contributed by atoms with E-state index in [0.717, 1.165) is 19.4 Å². The van der Waals surface area contributed by atoms with Crippen LogP contribution >= 0.6 is 0 Å². The molecule has 1 heterocycles. The third-order valence-electron chi connectivity index (χ3n) is 4.07. The van der Waals surface area contributed by atoms with Crippen molar-refractivity contribution in [3.8, 4) is 0 Å². The summed E-state index contributed by atoms with van der Waals surface area (Å²) >= 11 is 0. The Bertz CT molecular complexity index is 373. The molecule has 0 atom stereocenters. The minimum absolute atomic E-state index is 0.120. The first-order valence-corrected chi connectivity index (χ1v) is 7.51. The van der Waals surface area contributed by atoms with Gasteiger partial charge >= 0.3 is 6.03 Å². The van der Waals surface area contributed by atoms with Gasteiger partial charge in [0.1, 0.15) is 11.4 Å². The van der Waals surface area contributed by atoms with Crippen LogP contribution in [0, 0.1) is 17.8 Å². The van der Waals surface area contributed by atoms with Crippen LogP contribution in [0.3, 0.4) is 0 Å². The molecule has 1 fully saturated rings. The van der Waals surface area contributed by atoms with Gasteiger partial charge in [-0.2, -0.15) is 4.99 Å². The molecule has 1 aliphatic heterocycles. The highest BCUT2D eigenvalue weighted by Gasteiger charge is 2.49. The van der Waals surface area contributed by atoms with Crippen LogP contribution in [0.15, 0.2) is 4.99 Å². The molecule has 0 radical (unpaired) electrons. The molecule has 0 bridgehead atoms. The summed E-state index contributed by atoms with van der Waals surface area (Å²) in [4.78, 5) is 18.2. The average molecular weight is 265 g/mol. The first-order chi connectivity index (χ1) is 8.85. The quantitative estimate of drug-likeness (QED) is 0.802. The van der Waals surface area contributed by atoms with E-state index in [1.54, 1.807) is 0 Å². The molecule has 2 aliphatic rings. The lowest BCUT2D eigenvalue weighted by Crippen LogP contribution is -2.56. The maximum atomic E-state index is 12.2. The third-order valence-corrected chi connectivity index (χ3v) is 4.07. The van der Waals surface area contributed by atoms with Crippen LogP contribution in [0.2, 0.25) is 0 Å². The van der Waals surface area contributed by atoms with E-state index in [2.05, 4.69) is 32.7 Å². The molecule has 0 spiro atoms. The second-order valence-electron chi connectivity index (χ2n) is 7.06. The van der Waals surface area contributed by atoms with Gasteiger partial charge in [0.05, 0.1) is 0 Å². The van der Waals surface area contributed by atoms with Gasteiger partial charge in [-0.3, -0.25) is 0 Å². The normalized spacial score (nSPS) is 22.5. The lowest BCUT2D eigenvalue weighted by molar-refractivity contribution is 0.135. The fraction of sp³-hybridized carbons (Fsp3) is 0.867. The molecule has 2 N–H and O–H groups in total. The SMILES string of the molecule is CC(C)CC1(CC(C)C)C(N)=NC(=O)N1CC1CC1. The number of amides is 2. The maximum absolute atomic E-state index is 12.2. The number of urea groups is 1. The van der Waals surface area contributed by atoms with Crippen molar-refractivity contribution in [1.29, 1.82) is 0 Å². The molecule has 0 unspecified atom stereocenters. The number of carbonyl (C=O) groups excluding carboxylic acids is 1. The molecular weight excluding hydrogens is 238 g/mol. The molecule has 2 amide bonds. The number of hydrogen-bond donors (Lipinski definition) is 1. The smallest absolute Gasteiger partial charge is 0.346 e. The number of aliphatic imine (C=N–C) groups is 1. The maximum Gasteiger partial charge on any atom is 0.346 e. The highest BCUT2D eigenvalue weighted by atomic mass is 16.2. The molecule has 0 aromatic rings. The number of nitrogens with two attached hydrogens (primary N) is 1. The molecular formula is C15H27N3O. The number of hydrogen-bond acceptors (Lipinski definition) is 2. The molecule has 0 aromatic carbocycles. The van der Waals surface area contributed by atoms with Crippen molar-refractivity contribution in [2.75, 3.05) is 6.54 Å². The minimum Gasteiger partial charge on any atom is -0.385 e. The Kier molecular flexibility index (Phi) is 3.88. The highest BCUT2D eigenvalue weighted by molar-refractivity contribution is 6.05. The zero-order valence-corrected chi connectivity index (χ0v) is 12.6. The van der Waals surface area contributed by atoms with E-state index in [1.165, 1.54) is 12.8 Å². The van der Waals surface area contributed by atoms with E-state index < -0.39 is 0 Å².